The van der Waals surface area contributed by atoms with E-state index < -0.39 is 0 Å². The van der Waals surface area contributed by atoms with Crippen LogP contribution in [0.25, 0.3) is 5.82 Å². The molecule has 0 spiro atoms. The molecule has 0 saturated heterocycles. The fourth-order valence-electron chi connectivity index (χ4n) is 1.06. The molecule has 0 radical (unpaired) electrons. The fourth-order valence-corrected chi connectivity index (χ4v) is 1.33. The van der Waals surface area contributed by atoms with Crippen LogP contribution in [0.15, 0.2) is 18.6 Å². The van der Waals surface area contributed by atoms with Crippen molar-refractivity contribution in [3.63, 3.8) is 0 Å². The molecule has 0 aromatic carbocycles. The molecular weight excluding hydrogens is 223 g/mol. The molecule has 0 saturated carbocycles. The van der Waals surface area contributed by atoms with Gasteiger partial charge in [0.1, 0.15) is 0 Å². The predicted molar refractivity (Wildman–Crippen MR) is 53.9 cm³/mol. The van der Waals surface area contributed by atoms with Gasteiger partial charge in [0.25, 0.3) is 0 Å². The summed E-state index contributed by atoms with van der Waals surface area (Å²) in [6.07, 6.45) is 4.84. The third-order valence-corrected chi connectivity index (χ3v) is 2.06. The maximum atomic E-state index is 5.74. The lowest BCUT2D eigenvalue weighted by molar-refractivity contribution is 0.829. The molecule has 0 aliphatic heterocycles. The molecule has 0 unspecified atom stereocenters. The highest BCUT2D eigenvalue weighted by molar-refractivity contribution is 6.30. The van der Waals surface area contributed by atoms with Gasteiger partial charge in [0.05, 0.1) is 17.4 Å². The van der Waals surface area contributed by atoms with E-state index in [2.05, 4.69) is 15.1 Å². The quantitative estimate of drug-likeness (QED) is 0.704. The van der Waals surface area contributed by atoms with Crippen molar-refractivity contribution < 1.29 is 0 Å². The number of aryl methyl sites for hydroxylation is 1. The molecule has 6 heteroatoms. The van der Waals surface area contributed by atoms with Gasteiger partial charge in [-0.3, -0.25) is 0 Å². The topological polar surface area (TPSA) is 43.6 Å². The van der Waals surface area contributed by atoms with Gasteiger partial charge < -0.3 is 0 Å². The summed E-state index contributed by atoms with van der Waals surface area (Å²) in [5.41, 5.74) is 0.883. The minimum atomic E-state index is 0.192. The SMILES string of the molecule is Cc1cnc(Cl)nc1-n1cc(Cl)cn1. The molecule has 0 aliphatic carbocycles. The first kappa shape index (κ1) is 9.43. The lowest BCUT2D eigenvalue weighted by Gasteiger charge is -2.03. The molecule has 4 nitrogen and oxygen atoms in total. The molecule has 0 aliphatic rings. The Morgan fingerprint density at radius 3 is 2.71 bits per heavy atom. The van der Waals surface area contributed by atoms with Crippen molar-refractivity contribution in [2.24, 2.45) is 0 Å². The Hall–Kier alpha value is -1.13. The van der Waals surface area contributed by atoms with Gasteiger partial charge in [0.15, 0.2) is 5.82 Å². The van der Waals surface area contributed by atoms with E-state index in [1.165, 1.54) is 6.20 Å². The first-order valence-electron chi connectivity index (χ1n) is 3.86. The average molecular weight is 229 g/mol. The average Bonchev–Trinajstić information content (AvgIpc) is 2.56. The van der Waals surface area contributed by atoms with Crippen molar-refractivity contribution in [1.29, 1.82) is 0 Å². The second-order valence-electron chi connectivity index (χ2n) is 2.75. The maximum Gasteiger partial charge on any atom is 0.224 e. The number of hydrogen-bond donors (Lipinski definition) is 0. The van der Waals surface area contributed by atoms with E-state index in [9.17, 15) is 0 Å². The van der Waals surface area contributed by atoms with Gasteiger partial charge in [-0.15, -0.1) is 0 Å². The van der Waals surface area contributed by atoms with E-state index in [0.717, 1.165) is 5.56 Å². The van der Waals surface area contributed by atoms with Crippen LogP contribution in [0.4, 0.5) is 0 Å². The second-order valence-corrected chi connectivity index (χ2v) is 3.52. The van der Waals surface area contributed by atoms with Gasteiger partial charge in [-0.2, -0.15) is 10.1 Å². The van der Waals surface area contributed by atoms with Crippen LogP contribution in [0.2, 0.25) is 10.3 Å². The Bertz CT molecular complexity index is 466. The zero-order valence-corrected chi connectivity index (χ0v) is 8.79. The Kier molecular flexibility index (Phi) is 2.39. The van der Waals surface area contributed by atoms with Crippen LogP contribution in [-0.2, 0) is 0 Å². The number of hydrogen-bond acceptors (Lipinski definition) is 3. The molecule has 0 amide bonds. The number of rotatable bonds is 1. The van der Waals surface area contributed by atoms with E-state index in [0.29, 0.717) is 10.8 Å². The minimum absolute atomic E-state index is 0.192. The van der Waals surface area contributed by atoms with Crippen LogP contribution in [-0.4, -0.2) is 19.7 Å². The van der Waals surface area contributed by atoms with Crippen molar-refractivity contribution in [1.82, 2.24) is 19.7 Å². The molecule has 2 aromatic heterocycles. The number of nitrogens with zero attached hydrogens (tertiary/aromatic N) is 4. The largest absolute Gasteiger partial charge is 0.226 e. The summed E-state index contributed by atoms with van der Waals surface area (Å²) in [5, 5.41) is 4.77. The molecule has 2 heterocycles. The van der Waals surface area contributed by atoms with Crippen LogP contribution < -0.4 is 0 Å². The number of halogens is 2. The zero-order valence-electron chi connectivity index (χ0n) is 7.28. The highest BCUT2D eigenvalue weighted by Crippen LogP contribution is 2.14. The molecule has 2 rings (SSSR count). The molecule has 0 N–H and O–H groups in total. The summed E-state index contributed by atoms with van der Waals surface area (Å²) in [5.74, 6) is 0.636. The number of aromatic nitrogens is 4. The van der Waals surface area contributed by atoms with E-state index in [4.69, 9.17) is 23.2 Å². The van der Waals surface area contributed by atoms with Crippen molar-refractivity contribution >= 4 is 23.2 Å². The first-order chi connectivity index (χ1) is 6.66. The van der Waals surface area contributed by atoms with Gasteiger partial charge in [0, 0.05) is 11.8 Å². The van der Waals surface area contributed by atoms with Gasteiger partial charge >= 0.3 is 0 Å². The van der Waals surface area contributed by atoms with Crippen LogP contribution in [0.1, 0.15) is 5.56 Å². The van der Waals surface area contributed by atoms with Gasteiger partial charge in [-0.25, -0.2) is 9.67 Å². The Morgan fingerprint density at radius 1 is 1.29 bits per heavy atom. The summed E-state index contributed by atoms with van der Waals surface area (Å²) in [7, 11) is 0. The molecule has 0 bridgehead atoms. The molecule has 14 heavy (non-hydrogen) atoms. The summed E-state index contributed by atoms with van der Waals surface area (Å²) < 4.78 is 1.56. The van der Waals surface area contributed by atoms with Crippen LogP contribution in [0.3, 0.4) is 0 Å². The fraction of sp³-hybridized carbons (Fsp3) is 0.125. The van der Waals surface area contributed by atoms with E-state index >= 15 is 0 Å². The van der Waals surface area contributed by atoms with Gasteiger partial charge in [-0.1, -0.05) is 11.6 Å². The highest BCUT2D eigenvalue weighted by Gasteiger charge is 2.05. The smallest absolute Gasteiger partial charge is 0.224 e. The Labute approximate surface area is 90.5 Å². The van der Waals surface area contributed by atoms with Gasteiger partial charge in [-0.05, 0) is 18.5 Å². The van der Waals surface area contributed by atoms with Gasteiger partial charge in [0.2, 0.25) is 5.28 Å². The lowest BCUT2D eigenvalue weighted by Crippen LogP contribution is -2.01. The lowest BCUT2D eigenvalue weighted by atomic mass is 10.3. The predicted octanol–water partition coefficient (Wildman–Crippen LogP) is 2.28. The minimum Gasteiger partial charge on any atom is -0.226 e. The summed E-state index contributed by atoms with van der Waals surface area (Å²) in [6, 6.07) is 0. The molecular formula is C8H6Cl2N4. The molecule has 0 fully saturated rings. The van der Waals surface area contributed by atoms with Crippen molar-refractivity contribution in [2.75, 3.05) is 0 Å². The summed E-state index contributed by atoms with van der Waals surface area (Å²) >= 11 is 11.4. The standard InChI is InChI=1S/C8H6Cl2N4/c1-5-2-11-8(10)13-7(5)14-4-6(9)3-12-14/h2-4H,1H3. The van der Waals surface area contributed by atoms with Crippen LogP contribution >= 0.6 is 23.2 Å². The zero-order chi connectivity index (χ0) is 10.1. The summed E-state index contributed by atoms with van der Waals surface area (Å²) in [6.45, 7) is 1.88. The van der Waals surface area contributed by atoms with E-state index in [1.807, 2.05) is 6.92 Å². The van der Waals surface area contributed by atoms with E-state index in [1.54, 1.807) is 17.1 Å². The van der Waals surface area contributed by atoms with E-state index in [-0.39, 0.29) is 5.28 Å². The van der Waals surface area contributed by atoms with Crippen LogP contribution in [0, 0.1) is 6.92 Å². The third-order valence-electron chi connectivity index (χ3n) is 1.68. The normalized spacial score (nSPS) is 10.5. The second kappa shape index (κ2) is 3.55. The monoisotopic (exact) mass is 228 g/mol. The molecule has 0 atom stereocenters. The molecule has 2 aromatic rings. The van der Waals surface area contributed by atoms with Crippen LogP contribution in [0.5, 0.6) is 0 Å². The third kappa shape index (κ3) is 1.71. The van der Waals surface area contributed by atoms with Crippen molar-refractivity contribution in [3.8, 4) is 5.82 Å². The molecule has 72 valence electrons. The highest BCUT2D eigenvalue weighted by atomic mass is 35.5. The van der Waals surface area contributed by atoms with Crippen molar-refractivity contribution in [3.05, 3.63) is 34.5 Å². The Balaban J connectivity index is 2.55. The summed E-state index contributed by atoms with van der Waals surface area (Å²) in [4.78, 5) is 7.90. The first-order valence-corrected chi connectivity index (χ1v) is 4.62. The maximum absolute atomic E-state index is 5.74. The van der Waals surface area contributed by atoms with Crippen molar-refractivity contribution in [2.45, 2.75) is 6.92 Å². The Morgan fingerprint density at radius 2 is 2.07 bits per heavy atom.